The van der Waals surface area contributed by atoms with E-state index in [2.05, 4.69) is 16.1 Å². The lowest BCUT2D eigenvalue weighted by molar-refractivity contribution is -0.210. The van der Waals surface area contributed by atoms with Crippen molar-refractivity contribution in [3.8, 4) is 17.2 Å². The van der Waals surface area contributed by atoms with E-state index in [0.717, 1.165) is 88.1 Å². The van der Waals surface area contributed by atoms with Crippen LogP contribution in [0.5, 0.6) is 17.2 Å². The number of hydrogen-bond donors (Lipinski definition) is 0. The molecule has 0 saturated heterocycles. The van der Waals surface area contributed by atoms with E-state index in [1.165, 1.54) is 12.1 Å². The normalized spacial score (nSPS) is 15.1. The van der Waals surface area contributed by atoms with Crippen molar-refractivity contribution >= 4 is 0 Å². The lowest BCUT2D eigenvalue weighted by atomic mass is 9.92. The Morgan fingerprint density at radius 2 is 1.16 bits per heavy atom. The van der Waals surface area contributed by atoms with Crippen molar-refractivity contribution < 1.29 is 62.9 Å². The first-order valence-corrected chi connectivity index (χ1v) is 18.5. The molecule has 56 heavy (non-hydrogen) atoms. The minimum absolute atomic E-state index is 0.0667. The van der Waals surface area contributed by atoms with Gasteiger partial charge in [0.05, 0.1) is 13.2 Å². The number of rotatable bonds is 24. The van der Waals surface area contributed by atoms with Gasteiger partial charge in [-0.1, -0.05) is 57.4 Å². The molecule has 306 valence electrons. The van der Waals surface area contributed by atoms with Gasteiger partial charge in [0.2, 0.25) is 0 Å². The second-order valence-electron chi connectivity index (χ2n) is 13.5. The second kappa shape index (κ2) is 21.1. The van der Waals surface area contributed by atoms with Gasteiger partial charge >= 0.3 is 12.2 Å². The van der Waals surface area contributed by atoms with Crippen molar-refractivity contribution in [3.63, 3.8) is 0 Å². The summed E-state index contributed by atoms with van der Waals surface area (Å²) in [7, 11) is 0. The fourth-order valence-corrected chi connectivity index (χ4v) is 6.15. The highest BCUT2D eigenvalue weighted by molar-refractivity contribution is 5.32. The Morgan fingerprint density at radius 1 is 0.625 bits per heavy atom. The van der Waals surface area contributed by atoms with E-state index >= 15 is 0 Å². The molecule has 3 aromatic carbocycles. The molecule has 0 amide bonds. The van der Waals surface area contributed by atoms with Crippen LogP contribution in [0.2, 0.25) is 0 Å². The van der Waals surface area contributed by atoms with E-state index < -0.39 is 76.5 Å². The number of hydrogen-bond acceptors (Lipinski definition) is 4. The number of halogens is 10. The molecule has 1 aliphatic rings. The van der Waals surface area contributed by atoms with Crippen LogP contribution in [-0.4, -0.2) is 19.3 Å². The predicted molar refractivity (Wildman–Crippen MR) is 191 cm³/mol. The van der Waals surface area contributed by atoms with Crippen molar-refractivity contribution in [3.05, 3.63) is 126 Å². The van der Waals surface area contributed by atoms with Crippen LogP contribution < -0.4 is 14.2 Å². The summed E-state index contributed by atoms with van der Waals surface area (Å²) in [6.07, 6.45) is 5.47. The van der Waals surface area contributed by atoms with Crippen LogP contribution in [0.1, 0.15) is 82.6 Å². The molecule has 2 atom stereocenters. The molecule has 2 unspecified atom stereocenters. The van der Waals surface area contributed by atoms with Gasteiger partial charge in [0, 0.05) is 24.3 Å². The van der Waals surface area contributed by atoms with E-state index in [-0.39, 0.29) is 24.7 Å². The molecule has 0 heterocycles. The molecule has 0 N–H and O–H groups in total. The van der Waals surface area contributed by atoms with Crippen LogP contribution in [0.4, 0.5) is 43.9 Å². The van der Waals surface area contributed by atoms with Crippen molar-refractivity contribution in [2.45, 2.75) is 89.3 Å². The van der Waals surface area contributed by atoms with E-state index in [0.29, 0.717) is 43.0 Å². The lowest BCUT2D eigenvalue weighted by Crippen LogP contribution is -2.36. The summed E-state index contributed by atoms with van der Waals surface area (Å²) in [5.41, 5.74) is -1.08. The largest absolute Gasteiger partial charge is 0.494 e. The van der Waals surface area contributed by atoms with E-state index in [9.17, 15) is 43.9 Å². The molecule has 4 rings (SSSR count). The Kier molecular flexibility index (Phi) is 16.6. The standard InChI is InChI=1S/C42H44F10O4/c1-2-11-28(12-7-3-5-9-22-53-29-14-18-33(37(45)24-29)41(49,50)55-31-16-20-35(43)39(47)26-31)13-8-4-6-10-23-54-30-15-19-34(38(46)25-30)42(51,52)56-32-17-21-36(44)40(48)27-32/h2,14-18,20-21,24-28,34H,1,3-13,19,22-23H2. The zero-order valence-corrected chi connectivity index (χ0v) is 30.6. The quantitative estimate of drug-likeness (QED) is 0.0514. The van der Waals surface area contributed by atoms with Crippen molar-refractivity contribution in [2.24, 2.45) is 11.8 Å². The highest BCUT2D eigenvalue weighted by Crippen LogP contribution is 2.40. The first-order valence-electron chi connectivity index (χ1n) is 18.5. The van der Waals surface area contributed by atoms with Gasteiger partial charge in [-0.05, 0) is 74.1 Å². The maximum absolute atomic E-state index is 14.6. The summed E-state index contributed by atoms with van der Waals surface area (Å²) in [4.78, 5) is 0. The number of allylic oxidation sites excluding steroid dienone is 3. The monoisotopic (exact) mass is 802 g/mol. The average Bonchev–Trinajstić information content (AvgIpc) is 3.13. The lowest BCUT2D eigenvalue weighted by Gasteiger charge is -2.27. The van der Waals surface area contributed by atoms with Crippen molar-refractivity contribution in [1.29, 1.82) is 0 Å². The summed E-state index contributed by atoms with van der Waals surface area (Å²) in [5.74, 6) is -10.2. The first-order chi connectivity index (χ1) is 26.7. The van der Waals surface area contributed by atoms with Gasteiger partial charge in [0.25, 0.3) is 0 Å². The van der Waals surface area contributed by atoms with Gasteiger partial charge in [0.1, 0.15) is 46.1 Å². The molecule has 0 radical (unpaired) electrons. The van der Waals surface area contributed by atoms with Crippen molar-refractivity contribution in [1.82, 2.24) is 0 Å². The molecule has 14 heteroatoms. The van der Waals surface area contributed by atoms with E-state index in [1.807, 2.05) is 6.08 Å². The number of alkyl halides is 4. The van der Waals surface area contributed by atoms with Gasteiger partial charge in [-0.15, -0.1) is 6.58 Å². The molecule has 0 aromatic heterocycles. The Labute approximate surface area is 319 Å². The molecule has 1 aliphatic carbocycles. The molecular formula is C42H44F10O4. The zero-order chi connectivity index (χ0) is 40.7. The maximum Gasteiger partial charge on any atom is 0.429 e. The predicted octanol–water partition coefficient (Wildman–Crippen LogP) is 13.4. The number of benzene rings is 3. The Hall–Kier alpha value is -4.62. The minimum Gasteiger partial charge on any atom is -0.494 e. The topological polar surface area (TPSA) is 36.9 Å². The smallest absolute Gasteiger partial charge is 0.429 e. The average molecular weight is 803 g/mol. The molecule has 4 nitrogen and oxygen atoms in total. The van der Waals surface area contributed by atoms with Crippen LogP contribution in [-0.2, 0) is 10.8 Å². The Bertz CT molecular complexity index is 1800. The maximum atomic E-state index is 14.6. The van der Waals surface area contributed by atoms with Crippen LogP contribution in [0.25, 0.3) is 0 Å². The van der Waals surface area contributed by atoms with Crippen molar-refractivity contribution in [2.75, 3.05) is 13.2 Å². The summed E-state index contributed by atoms with van der Waals surface area (Å²) in [6.45, 7) is 4.41. The fourth-order valence-electron chi connectivity index (χ4n) is 6.15. The number of unbranched alkanes of at least 4 members (excludes halogenated alkanes) is 6. The molecule has 0 fully saturated rings. The van der Waals surface area contributed by atoms with Gasteiger partial charge < -0.3 is 18.9 Å². The molecule has 0 saturated carbocycles. The highest BCUT2D eigenvalue weighted by Gasteiger charge is 2.46. The minimum atomic E-state index is -4.14. The molecule has 3 aromatic rings. The third-order valence-corrected chi connectivity index (χ3v) is 9.16. The van der Waals surface area contributed by atoms with Crippen LogP contribution in [0, 0.1) is 40.9 Å². The molecular weight excluding hydrogens is 758 g/mol. The van der Waals surface area contributed by atoms with E-state index in [1.54, 1.807) is 0 Å². The van der Waals surface area contributed by atoms with Crippen LogP contribution >= 0.6 is 0 Å². The highest BCUT2D eigenvalue weighted by atomic mass is 19.3. The van der Waals surface area contributed by atoms with Crippen LogP contribution in [0.3, 0.4) is 0 Å². The fraction of sp³-hybridized carbons (Fsp3) is 0.429. The summed E-state index contributed by atoms with van der Waals surface area (Å²) in [5, 5.41) is 0. The van der Waals surface area contributed by atoms with E-state index in [4.69, 9.17) is 9.47 Å². The summed E-state index contributed by atoms with van der Waals surface area (Å²) < 4.78 is 160. The molecule has 0 aliphatic heterocycles. The number of ether oxygens (including phenoxy) is 4. The zero-order valence-electron chi connectivity index (χ0n) is 30.6. The SMILES string of the molecule is C=CCC(CCCCCCOC1=CCC(C(F)(F)Oc2ccc(F)c(F)c2)C(F)=C1)CCCCCCOc1ccc(C(F)(F)Oc2ccc(F)c(F)c2)c(F)c1. The van der Waals surface area contributed by atoms with Crippen LogP contribution in [0.15, 0.2) is 91.0 Å². The first kappa shape index (κ1) is 44.1. The summed E-state index contributed by atoms with van der Waals surface area (Å²) >= 11 is 0. The third kappa shape index (κ3) is 13.5. The van der Waals surface area contributed by atoms with Gasteiger partial charge in [-0.2, -0.15) is 17.6 Å². The van der Waals surface area contributed by atoms with Gasteiger partial charge in [-0.3, -0.25) is 0 Å². The molecule has 0 bridgehead atoms. The molecule has 0 spiro atoms. The Balaban J connectivity index is 1.05. The second-order valence-corrected chi connectivity index (χ2v) is 13.5. The Morgan fingerprint density at radius 3 is 1.71 bits per heavy atom. The van der Waals surface area contributed by atoms with Gasteiger partial charge in [-0.25, -0.2) is 26.3 Å². The van der Waals surface area contributed by atoms with Gasteiger partial charge in [0.15, 0.2) is 23.3 Å². The third-order valence-electron chi connectivity index (χ3n) is 9.16. The summed E-state index contributed by atoms with van der Waals surface area (Å²) in [6, 6.07) is 6.66.